The van der Waals surface area contributed by atoms with Gasteiger partial charge >= 0.3 is 0 Å². The first-order valence-corrected chi connectivity index (χ1v) is 22.4. The van der Waals surface area contributed by atoms with Crippen LogP contribution in [0, 0.1) is 0 Å². The van der Waals surface area contributed by atoms with Crippen LogP contribution in [-0.4, -0.2) is 70.3 Å². The summed E-state index contributed by atoms with van der Waals surface area (Å²) in [6.07, 6.45) is 20.1. The average Bonchev–Trinajstić information content (AvgIpc) is 3.94. The first kappa shape index (κ1) is 59.6. The standard InChI is InChI=1S/C43H49N7O4.4C2H6.CH5N/c1-6-14-33-31(27-46-35(33)8-3)20-23-45-41(52)37(25-30-18-21-44-22-19-30)49-42(53)38(24-29-16-12-11-13-17-29)50-43(54)39(48-40(51)10-5)26-32-28-47-36(9-4)34(32)15-7-2;5*1-2/h6-19,21-22,27-28,37-39,46-47H,3-5,20,23-26H2,1-2H3,(H,45,52)(H,48,51)(H,49,53)(H,50,54);4*1-2H3;2H2,1H3/b14-6-,15-7-;;;;;/t37-,38-,39?;;;;;/m0...../s1. The van der Waals surface area contributed by atoms with E-state index in [9.17, 15) is 19.2 Å². The van der Waals surface area contributed by atoms with Crippen LogP contribution in [0.25, 0.3) is 24.3 Å². The first-order chi connectivity index (χ1) is 31.2. The number of carbonyl (C=O) groups is 4. The van der Waals surface area contributed by atoms with Crippen molar-refractivity contribution < 1.29 is 19.2 Å². The zero-order valence-corrected chi connectivity index (χ0v) is 40.4. The van der Waals surface area contributed by atoms with Gasteiger partial charge in [0.2, 0.25) is 23.6 Å². The Morgan fingerprint density at radius 1 is 0.625 bits per heavy atom. The quantitative estimate of drug-likeness (QED) is 0.0435. The number of aromatic amines is 2. The van der Waals surface area contributed by atoms with Gasteiger partial charge in [-0.1, -0.05) is 130 Å². The molecule has 0 aliphatic carbocycles. The molecule has 4 aromatic rings. The number of allylic oxidation sites excluding steroid dienone is 2. The predicted molar refractivity (Wildman–Crippen MR) is 271 cm³/mol. The van der Waals surface area contributed by atoms with E-state index in [1.807, 2.05) is 130 Å². The van der Waals surface area contributed by atoms with Crippen molar-refractivity contribution in [1.29, 1.82) is 0 Å². The topological polar surface area (TPSA) is 187 Å². The fraction of sp³-hybridized carbons (Fsp3) is 0.365. The van der Waals surface area contributed by atoms with Gasteiger partial charge < -0.3 is 37.0 Å². The van der Waals surface area contributed by atoms with Gasteiger partial charge in [0, 0.05) is 73.1 Å². The van der Waals surface area contributed by atoms with Crippen LogP contribution in [0.15, 0.2) is 105 Å². The van der Waals surface area contributed by atoms with Gasteiger partial charge in [-0.2, -0.15) is 0 Å². The Hall–Kier alpha value is -6.53. The summed E-state index contributed by atoms with van der Waals surface area (Å²) in [5.41, 5.74) is 11.4. The molecular weight excluding hydrogens is 801 g/mol. The van der Waals surface area contributed by atoms with Crippen LogP contribution < -0.4 is 27.0 Å². The van der Waals surface area contributed by atoms with E-state index in [4.69, 9.17) is 0 Å². The van der Waals surface area contributed by atoms with Crippen LogP contribution in [0.5, 0.6) is 0 Å². The van der Waals surface area contributed by atoms with Gasteiger partial charge in [-0.25, -0.2) is 0 Å². The van der Waals surface area contributed by atoms with Gasteiger partial charge in [-0.05, 0) is 79.9 Å². The Kier molecular flexibility index (Phi) is 34.5. The number of nitrogens with zero attached hydrogens (tertiary/aromatic N) is 1. The Morgan fingerprint density at radius 3 is 1.53 bits per heavy atom. The SMILES string of the molecule is C=CC(=O)NC(Cc1c[nH]c(C=C)c1/C=C\C)C(=O)N[C@@H](Cc1ccccc1)C(=O)N[C@@H](Cc1ccncc1)C(=O)NCCc1c[nH]c(C=C)c1/C=C\C.CC.CC.CC.CC.CN. The Balaban J connectivity index is 0. The predicted octanol–water partition coefficient (Wildman–Crippen LogP) is 8.80. The highest BCUT2D eigenvalue weighted by Crippen LogP contribution is 2.20. The van der Waals surface area contributed by atoms with Crippen molar-refractivity contribution in [3.05, 3.63) is 150 Å². The molecule has 350 valence electrons. The lowest BCUT2D eigenvalue weighted by atomic mass is 10.00. The van der Waals surface area contributed by atoms with Crippen LogP contribution in [0.2, 0.25) is 0 Å². The third-order valence-corrected chi connectivity index (χ3v) is 8.82. The highest BCUT2D eigenvalue weighted by atomic mass is 16.2. The minimum Gasteiger partial charge on any atom is -0.361 e. The molecule has 0 aliphatic rings. The van der Waals surface area contributed by atoms with E-state index in [2.05, 4.69) is 61.7 Å². The van der Waals surface area contributed by atoms with E-state index in [1.54, 1.807) is 42.9 Å². The molecule has 1 aromatic carbocycles. The summed E-state index contributed by atoms with van der Waals surface area (Å²) in [5, 5.41) is 11.5. The third kappa shape index (κ3) is 20.6. The highest BCUT2D eigenvalue weighted by molar-refractivity contribution is 5.96. The number of H-pyrrole nitrogens is 2. The van der Waals surface area contributed by atoms with Crippen molar-refractivity contribution in [3.63, 3.8) is 0 Å². The minimum absolute atomic E-state index is 0.118. The Bertz CT molecular complexity index is 1980. The van der Waals surface area contributed by atoms with E-state index in [0.29, 0.717) is 13.0 Å². The van der Waals surface area contributed by atoms with E-state index < -0.39 is 35.8 Å². The number of hydrogen-bond donors (Lipinski definition) is 7. The molecule has 12 nitrogen and oxygen atoms in total. The molecule has 1 unspecified atom stereocenters. The molecule has 4 rings (SSSR count). The van der Waals surface area contributed by atoms with Crippen molar-refractivity contribution in [2.24, 2.45) is 5.73 Å². The largest absolute Gasteiger partial charge is 0.361 e. The molecular formula is C52H78N8O4. The fourth-order valence-electron chi connectivity index (χ4n) is 6.10. The molecule has 3 aromatic heterocycles. The second-order valence-electron chi connectivity index (χ2n) is 12.6. The summed E-state index contributed by atoms with van der Waals surface area (Å²) in [6.45, 7) is 31.4. The zero-order valence-electron chi connectivity index (χ0n) is 40.4. The first-order valence-electron chi connectivity index (χ1n) is 22.4. The van der Waals surface area contributed by atoms with Gasteiger partial charge in [0.05, 0.1) is 0 Å². The summed E-state index contributed by atoms with van der Waals surface area (Å²) in [5.74, 6) is -2.06. The van der Waals surface area contributed by atoms with Crippen molar-refractivity contribution in [2.75, 3.05) is 13.6 Å². The number of hydrogen-bond acceptors (Lipinski definition) is 6. The summed E-state index contributed by atoms with van der Waals surface area (Å²) >= 11 is 0. The van der Waals surface area contributed by atoms with Gasteiger partial charge in [-0.3, -0.25) is 24.2 Å². The Morgan fingerprint density at radius 2 is 1.06 bits per heavy atom. The van der Waals surface area contributed by atoms with Gasteiger partial charge in [0.25, 0.3) is 0 Å². The molecule has 3 heterocycles. The Labute approximate surface area is 384 Å². The van der Waals surface area contributed by atoms with Crippen molar-refractivity contribution in [3.8, 4) is 0 Å². The molecule has 12 heteroatoms. The maximum atomic E-state index is 14.2. The average molecular weight is 879 g/mol. The maximum absolute atomic E-state index is 14.2. The molecule has 0 saturated heterocycles. The van der Waals surface area contributed by atoms with E-state index >= 15 is 0 Å². The third-order valence-electron chi connectivity index (χ3n) is 8.82. The van der Waals surface area contributed by atoms with Gasteiger partial charge in [0.15, 0.2) is 0 Å². The number of nitrogens with one attached hydrogen (secondary N) is 6. The molecule has 0 fully saturated rings. The van der Waals surface area contributed by atoms with Gasteiger partial charge in [0.1, 0.15) is 18.1 Å². The van der Waals surface area contributed by atoms with Crippen LogP contribution in [0.4, 0.5) is 0 Å². The van der Waals surface area contributed by atoms with Gasteiger partial charge in [-0.15, -0.1) is 0 Å². The maximum Gasteiger partial charge on any atom is 0.244 e. The number of nitrogens with two attached hydrogens (primary N) is 1. The van der Waals surface area contributed by atoms with E-state index in [-0.39, 0.29) is 25.2 Å². The van der Waals surface area contributed by atoms with Crippen molar-refractivity contribution >= 4 is 47.9 Å². The molecule has 0 aliphatic heterocycles. The second kappa shape index (κ2) is 37.1. The smallest absolute Gasteiger partial charge is 0.244 e. The number of pyridine rings is 1. The number of rotatable bonds is 20. The summed E-state index contributed by atoms with van der Waals surface area (Å²) in [7, 11) is 1.50. The molecule has 64 heavy (non-hydrogen) atoms. The lowest BCUT2D eigenvalue weighted by molar-refractivity contribution is -0.133. The normalized spacial score (nSPS) is 11.2. The van der Waals surface area contributed by atoms with Crippen LogP contribution in [0.1, 0.15) is 114 Å². The fourth-order valence-corrected chi connectivity index (χ4v) is 6.10. The monoisotopic (exact) mass is 879 g/mol. The van der Waals surface area contributed by atoms with E-state index in [1.165, 1.54) is 7.05 Å². The lowest BCUT2D eigenvalue weighted by Crippen LogP contribution is -2.58. The zero-order chi connectivity index (χ0) is 48.9. The second-order valence-corrected chi connectivity index (χ2v) is 12.6. The number of carbonyl (C=O) groups excluding carboxylic acids is 4. The van der Waals surface area contributed by atoms with Crippen molar-refractivity contribution in [1.82, 2.24) is 36.2 Å². The number of aromatic nitrogens is 3. The molecule has 4 amide bonds. The molecule has 0 bridgehead atoms. The summed E-state index contributed by atoms with van der Waals surface area (Å²) in [4.78, 5) is 65.0. The highest BCUT2D eigenvalue weighted by Gasteiger charge is 2.31. The summed E-state index contributed by atoms with van der Waals surface area (Å²) in [6, 6.07) is 9.68. The van der Waals surface area contributed by atoms with Crippen LogP contribution in [-0.2, 0) is 44.9 Å². The number of benzene rings is 1. The minimum atomic E-state index is -1.10. The molecule has 0 saturated carbocycles. The van der Waals surface area contributed by atoms with Crippen molar-refractivity contribution in [2.45, 2.75) is 113 Å². The summed E-state index contributed by atoms with van der Waals surface area (Å²) < 4.78 is 0. The molecule has 0 spiro atoms. The number of amides is 4. The van der Waals surface area contributed by atoms with Crippen LogP contribution in [0.3, 0.4) is 0 Å². The van der Waals surface area contributed by atoms with E-state index in [0.717, 1.165) is 50.8 Å². The lowest BCUT2D eigenvalue weighted by Gasteiger charge is -2.25. The molecule has 8 N–H and O–H groups in total. The van der Waals surface area contributed by atoms with Crippen LogP contribution >= 0.6 is 0 Å². The molecule has 3 atom stereocenters. The molecule has 0 radical (unpaired) electrons.